The van der Waals surface area contributed by atoms with E-state index in [1.807, 2.05) is 6.92 Å². The number of aliphatic carboxylic acids is 1. The second kappa shape index (κ2) is 4.41. The van der Waals surface area contributed by atoms with E-state index in [4.69, 9.17) is 5.11 Å². The number of carbonyl (C=O) groups is 1. The maximum Gasteiger partial charge on any atom is 0.303 e. The van der Waals surface area contributed by atoms with Crippen LogP contribution >= 0.6 is 15.9 Å². The molecular weight excluding hydrogens is 236 g/mol. The number of aromatic amines is 1. The summed E-state index contributed by atoms with van der Waals surface area (Å²) in [5, 5.41) is 15.3. The second-order valence-electron chi connectivity index (χ2n) is 2.86. The molecule has 0 atom stereocenters. The molecule has 2 N–H and O–H groups in total. The molecule has 0 aliphatic heterocycles. The minimum absolute atomic E-state index is 0.193. The lowest BCUT2D eigenvalue weighted by Gasteiger charge is -1.94. The third kappa shape index (κ3) is 2.84. The van der Waals surface area contributed by atoms with Crippen LogP contribution in [0.4, 0.5) is 0 Å². The summed E-state index contributed by atoms with van der Waals surface area (Å²) in [6, 6.07) is 0. The molecule has 0 fully saturated rings. The topological polar surface area (TPSA) is 66.0 Å². The van der Waals surface area contributed by atoms with Gasteiger partial charge in [-0.15, -0.1) is 0 Å². The number of carboxylic acids is 1. The smallest absolute Gasteiger partial charge is 0.303 e. The molecular formula is C8H11BrN2O2. The number of H-pyrrole nitrogens is 1. The SMILES string of the molecule is Cc1[nH]nc(CCCC(=O)O)c1Br. The first kappa shape index (κ1) is 10.2. The lowest BCUT2D eigenvalue weighted by atomic mass is 10.2. The fourth-order valence-corrected chi connectivity index (χ4v) is 1.41. The van der Waals surface area contributed by atoms with Crippen molar-refractivity contribution in [2.24, 2.45) is 0 Å². The van der Waals surface area contributed by atoms with Gasteiger partial charge in [0.05, 0.1) is 10.2 Å². The van der Waals surface area contributed by atoms with Gasteiger partial charge in [0.2, 0.25) is 0 Å². The van der Waals surface area contributed by atoms with Crippen LogP contribution in [0.2, 0.25) is 0 Å². The lowest BCUT2D eigenvalue weighted by Crippen LogP contribution is -1.96. The molecule has 1 heterocycles. The van der Waals surface area contributed by atoms with E-state index >= 15 is 0 Å². The maximum absolute atomic E-state index is 10.2. The highest BCUT2D eigenvalue weighted by Gasteiger charge is 2.07. The minimum atomic E-state index is -0.761. The molecule has 0 spiro atoms. The normalized spacial score (nSPS) is 10.3. The Morgan fingerprint density at radius 3 is 2.85 bits per heavy atom. The van der Waals surface area contributed by atoms with Gasteiger partial charge in [-0.1, -0.05) is 0 Å². The Kier molecular flexibility index (Phi) is 3.48. The molecule has 0 radical (unpaired) electrons. The Balaban J connectivity index is 2.45. The van der Waals surface area contributed by atoms with Gasteiger partial charge in [0.1, 0.15) is 0 Å². The Labute approximate surface area is 84.5 Å². The van der Waals surface area contributed by atoms with Gasteiger partial charge in [0.25, 0.3) is 0 Å². The number of nitrogens with zero attached hydrogens (tertiary/aromatic N) is 1. The van der Waals surface area contributed by atoms with Crippen LogP contribution in [-0.4, -0.2) is 21.3 Å². The zero-order valence-electron chi connectivity index (χ0n) is 7.30. The summed E-state index contributed by atoms with van der Waals surface area (Å²) in [5.74, 6) is -0.761. The molecule has 72 valence electrons. The molecule has 0 bridgehead atoms. The number of hydrogen-bond acceptors (Lipinski definition) is 2. The van der Waals surface area contributed by atoms with E-state index < -0.39 is 5.97 Å². The van der Waals surface area contributed by atoms with Crippen molar-refractivity contribution in [3.05, 3.63) is 15.9 Å². The molecule has 1 rings (SSSR count). The minimum Gasteiger partial charge on any atom is -0.481 e. The van der Waals surface area contributed by atoms with E-state index in [0.29, 0.717) is 12.8 Å². The molecule has 1 aromatic rings. The van der Waals surface area contributed by atoms with Gasteiger partial charge < -0.3 is 5.11 Å². The van der Waals surface area contributed by atoms with Crippen molar-refractivity contribution < 1.29 is 9.90 Å². The van der Waals surface area contributed by atoms with Gasteiger partial charge >= 0.3 is 5.97 Å². The summed E-state index contributed by atoms with van der Waals surface area (Å²) in [5.41, 5.74) is 1.88. The third-order valence-electron chi connectivity index (χ3n) is 1.75. The fraction of sp³-hybridized carbons (Fsp3) is 0.500. The molecule has 0 aromatic carbocycles. The molecule has 5 heteroatoms. The summed E-state index contributed by atoms with van der Waals surface area (Å²) in [6.07, 6.45) is 1.51. The molecule has 0 saturated heterocycles. The largest absolute Gasteiger partial charge is 0.481 e. The first-order valence-corrected chi connectivity index (χ1v) is 4.81. The van der Waals surface area contributed by atoms with E-state index in [2.05, 4.69) is 26.1 Å². The Morgan fingerprint density at radius 2 is 2.38 bits per heavy atom. The van der Waals surface area contributed by atoms with Gasteiger partial charge in [0, 0.05) is 12.1 Å². The van der Waals surface area contributed by atoms with Crippen molar-refractivity contribution in [3.8, 4) is 0 Å². The van der Waals surface area contributed by atoms with E-state index in [1.165, 1.54) is 0 Å². The first-order valence-electron chi connectivity index (χ1n) is 4.02. The van der Waals surface area contributed by atoms with Crippen molar-refractivity contribution in [3.63, 3.8) is 0 Å². The molecule has 13 heavy (non-hydrogen) atoms. The number of hydrogen-bond donors (Lipinski definition) is 2. The highest BCUT2D eigenvalue weighted by Crippen LogP contribution is 2.19. The highest BCUT2D eigenvalue weighted by molar-refractivity contribution is 9.10. The molecule has 0 unspecified atom stereocenters. The second-order valence-corrected chi connectivity index (χ2v) is 3.65. The Hall–Kier alpha value is -0.840. The summed E-state index contributed by atoms with van der Waals surface area (Å²) < 4.78 is 0.956. The van der Waals surface area contributed by atoms with Crippen molar-refractivity contribution in [2.45, 2.75) is 26.2 Å². The average Bonchev–Trinajstić information content (AvgIpc) is 2.35. The van der Waals surface area contributed by atoms with Gasteiger partial charge in [-0.05, 0) is 35.7 Å². The molecule has 4 nitrogen and oxygen atoms in total. The summed E-state index contributed by atoms with van der Waals surface area (Å²) in [7, 11) is 0. The molecule has 0 aliphatic rings. The zero-order valence-corrected chi connectivity index (χ0v) is 8.89. The highest BCUT2D eigenvalue weighted by atomic mass is 79.9. The Bertz CT molecular complexity index is 309. The monoisotopic (exact) mass is 246 g/mol. The van der Waals surface area contributed by atoms with Gasteiger partial charge in [-0.25, -0.2) is 0 Å². The predicted molar refractivity (Wildman–Crippen MR) is 51.6 cm³/mol. The molecule has 0 amide bonds. The number of nitrogens with one attached hydrogen (secondary N) is 1. The van der Waals surface area contributed by atoms with Crippen molar-refractivity contribution in [1.29, 1.82) is 0 Å². The van der Waals surface area contributed by atoms with Crippen LogP contribution in [0, 0.1) is 6.92 Å². The summed E-state index contributed by atoms with van der Waals surface area (Å²) >= 11 is 3.38. The van der Waals surface area contributed by atoms with Gasteiger partial charge in [-0.2, -0.15) is 5.10 Å². The fourth-order valence-electron chi connectivity index (χ4n) is 1.04. The van der Waals surface area contributed by atoms with Crippen LogP contribution in [0.3, 0.4) is 0 Å². The summed E-state index contributed by atoms with van der Waals surface area (Å²) in [4.78, 5) is 10.2. The van der Waals surface area contributed by atoms with E-state index in [9.17, 15) is 4.79 Å². The van der Waals surface area contributed by atoms with Crippen LogP contribution in [-0.2, 0) is 11.2 Å². The molecule has 0 aliphatic carbocycles. The zero-order chi connectivity index (χ0) is 9.84. The lowest BCUT2D eigenvalue weighted by molar-refractivity contribution is -0.137. The third-order valence-corrected chi connectivity index (χ3v) is 2.80. The number of aryl methyl sites for hydroxylation is 2. The number of halogens is 1. The van der Waals surface area contributed by atoms with Crippen LogP contribution in [0.1, 0.15) is 24.2 Å². The standard InChI is InChI=1S/C8H11BrN2O2/c1-5-8(9)6(11-10-5)3-2-4-7(12)13/h2-4H2,1H3,(H,10,11)(H,12,13). The van der Waals surface area contributed by atoms with Crippen molar-refractivity contribution >= 4 is 21.9 Å². The Morgan fingerprint density at radius 1 is 1.69 bits per heavy atom. The number of rotatable bonds is 4. The molecule has 1 aromatic heterocycles. The summed E-state index contributed by atoms with van der Waals surface area (Å²) in [6.45, 7) is 1.91. The van der Waals surface area contributed by atoms with Crippen LogP contribution in [0.25, 0.3) is 0 Å². The van der Waals surface area contributed by atoms with E-state index in [0.717, 1.165) is 15.9 Å². The molecule has 0 saturated carbocycles. The maximum atomic E-state index is 10.2. The van der Waals surface area contributed by atoms with Gasteiger partial charge in [0.15, 0.2) is 0 Å². The van der Waals surface area contributed by atoms with Crippen LogP contribution in [0.15, 0.2) is 4.47 Å². The predicted octanol–water partition coefficient (Wildman–Crippen LogP) is 1.89. The van der Waals surface area contributed by atoms with Gasteiger partial charge in [-0.3, -0.25) is 9.89 Å². The van der Waals surface area contributed by atoms with Crippen LogP contribution < -0.4 is 0 Å². The quantitative estimate of drug-likeness (QED) is 0.853. The first-order chi connectivity index (χ1) is 6.11. The van der Waals surface area contributed by atoms with Crippen LogP contribution in [0.5, 0.6) is 0 Å². The van der Waals surface area contributed by atoms with Crippen molar-refractivity contribution in [2.75, 3.05) is 0 Å². The van der Waals surface area contributed by atoms with E-state index in [1.54, 1.807) is 0 Å². The average molecular weight is 247 g/mol. The van der Waals surface area contributed by atoms with E-state index in [-0.39, 0.29) is 6.42 Å². The number of carboxylic acid groups (broad SMARTS) is 1. The van der Waals surface area contributed by atoms with Crippen molar-refractivity contribution in [1.82, 2.24) is 10.2 Å². The number of aromatic nitrogens is 2.